The van der Waals surface area contributed by atoms with Crippen molar-refractivity contribution in [3.63, 3.8) is 0 Å². The van der Waals surface area contributed by atoms with Gasteiger partial charge in [-0.05, 0) is 24.6 Å². The molecule has 0 amide bonds. The molecule has 0 aliphatic heterocycles. The first-order chi connectivity index (χ1) is 9.06. The second-order valence-electron chi connectivity index (χ2n) is 4.53. The first-order valence-corrected chi connectivity index (χ1v) is 7.48. The molecule has 0 aliphatic carbocycles. The standard InChI is InChI=1S/C15H16FNOS/c1-11-4-2-5-12(8-11)9-19(18)10-13-14(16)6-3-7-15(13)17/h2-8H,9-10,17H2,1H3. The van der Waals surface area contributed by atoms with E-state index in [9.17, 15) is 8.60 Å². The molecule has 0 saturated carbocycles. The van der Waals surface area contributed by atoms with Crippen molar-refractivity contribution in [3.05, 3.63) is 65.0 Å². The van der Waals surface area contributed by atoms with Crippen molar-refractivity contribution in [2.45, 2.75) is 18.4 Å². The topological polar surface area (TPSA) is 43.1 Å². The Morgan fingerprint density at radius 3 is 2.58 bits per heavy atom. The van der Waals surface area contributed by atoms with Crippen LogP contribution in [0.5, 0.6) is 0 Å². The molecule has 0 radical (unpaired) electrons. The van der Waals surface area contributed by atoms with Gasteiger partial charge in [0.15, 0.2) is 0 Å². The van der Waals surface area contributed by atoms with Crippen LogP contribution in [-0.2, 0) is 22.3 Å². The van der Waals surface area contributed by atoms with Crippen LogP contribution in [0.1, 0.15) is 16.7 Å². The van der Waals surface area contributed by atoms with Crippen molar-refractivity contribution in [3.8, 4) is 0 Å². The Hall–Kier alpha value is -1.68. The highest BCUT2D eigenvalue weighted by Gasteiger charge is 2.10. The smallest absolute Gasteiger partial charge is 0.129 e. The predicted molar refractivity (Wildman–Crippen MR) is 77.5 cm³/mol. The van der Waals surface area contributed by atoms with Gasteiger partial charge in [0.1, 0.15) is 5.82 Å². The van der Waals surface area contributed by atoms with E-state index in [1.807, 2.05) is 31.2 Å². The SMILES string of the molecule is Cc1cccc(CS(=O)Cc2c(N)cccc2F)c1. The lowest BCUT2D eigenvalue weighted by Crippen LogP contribution is -2.05. The Kier molecular flexibility index (Phi) is 4.32. The second kappa shape index (κ2) is 5.97. The van der Waals surface area contributed by atoms with Crippen LogP contribution < -0.4 is 5.73 Å². The number of nitrogens with two attached hydrogens (primary N) is 1. The van der Waals surface area contributed by atoms with Gasteiger partial charge in [-0.2, -0.15) is 0 Å². The van der Waals surface area contributed by atoms with E-state index in [1.54, 1.807) is 12.1 Å². The molecule has 0 heterocycles. The molecule has 19 heavy (non-hydrogen) atoms. The average molecular weight is 277 g/mol. The summed E-state index contributed by atoms with van der Waals surface area (Å²) in [6.07, 6.45) is 0. The van der Waals surface area contributed by atoms with E-state index in [1.165, 1.54) is 6.07 Å². The summed E-state index contributed by atoms with van der Waals surface area (Å²) in [5.74, 6) is 0.166. The van der Waals surface area contributed by atoms with Gasteiger partial charge in [0.25, 0.3) is 0 Å². The number of halogens is 1. The lowest BCUT2D eigenvalue weighted by Gasteiger charge is -2.07. The number of hydrogen-bond acceptors (Lipinski definition) is 2. The first kappa shape index (κ1) is 13.7. The van der Waals surface area contributed by atoms with Crippen molar-refractivity contribution in [1.29, 1.82) is 0 Å². The second-order valence-corrected chi connectivity index (χ2v) is 5.98. The zero-order chi connectivity index (χ0) is 13.8. The summed E-state index contributed by atoms with van der Waals surface area (Å²) in [6.45, 7) is 1.99. The highest BCUT2D eigenvalue weighted by Crippen LogP contribution is 2.19. The predicted octanol–water partition coefficient (Wildman–Crippen LogP) is 3.17. The number of rotatable bonds is 4. The molecule has 2 nitrogen and oxygen atoms in total. The first-order valence-electron chi connectivity index (χ1n) is 5.99. The van der Waals surface area contributed by atoms with Crippen LogP contribution in [0.4, 0.5) is 10.1 Å². The number of benzene rings is 2. The summed E-state index contributed by atoms with van der Waals surface area (Å²) in [5, 5.41) is 0. The minimum Gasteiger partial charge on any atom is -0.398 e. The van der Waals surface area contributed by atoms with Crippen LogP contribution in [0.25, 0.3) is 0 Å². The molecule has 0 spiro atoms. The Labute approximate surface area is 114 Å². The van der Waals surface area contributed by atoms with E-state index in [4.69, 9.17) is 5.73 Å². The molecular formula is C15H16FNOS. The molecule has 2 aromatic carbocycles. The van der Waals surface area contributed by atoms with Crippen molar-refractivity contribution in [1.82, 2.24) is 0 Å². The molecule has 1 unspecified atom stereocenters. The van der Waals surface area contributed by atoms with Crippen LogP contribution in [0, 0.1) is 12.7 Å². The van der Waals surface area contributed by atoms with Crippen LogP contribution in [0.15, 0.2) is 42.5 Å². The summed E-state index contributed by atoms with van der Waals surface area (Å²) >= 11 is 0. The van der Waals surface area contributed by atoms with E-state index in [0.717, 1.165) is 11.1 Å². The summed E-state index contributed by atoms with van der Waals surface area (Å²) in [7, 11) is -1.17. The molecule has 0 fully saturated rings. The Balaban J connectivity index is 2.10. The summed E-state index contributed by atoms with van der Waals surface area (Å²) < 4.78 is 25.7. The van der Waals surface area contributed by atoms with Gasteiger partial charge in [-0.3, -0.25) is 4.21 Å². The van der Waals surface area contributed by atoms with Gasteiger partial charge < -0.3 is 5.73 Å². The van der Waals surface area contributed by atoms with Crippen molar-refractivity contribution in [2.24, 2.45) is 0 Å². The average Bonchev–Trinajstić information content (AvgIpc) is 2.34. The molecule has 2 rings (SSSR count). The number of nitrogen functional groups attached to an aromatic ring is 1. The number of hydrogen-bond donors (Lipinski definition) is 1. The monoisotopic (exact) mass is 277 g/mol. The minimum absolute atomic E-state index is 0.145. The zero-order valence-corrected chi connectivity index (χ0v) is 11.5. The fourth-order valence-electron chi connectivity index (χ4n) is 1.93. The molecule has 4 heteroatoms. The van der Waals surface area contributed by atoms with Crippen LogP contribution in [0.2, 0.25) is 0 Å². The number of aryl methyl sites for hydroxylation is 1. The highest BCUT2D eigenvalue weighted by molar-refractivity contribution is 7.83. The number of anilines is 1. The van der Waals surface area contributed by atoms with E-state index >= 15 is 0 Å². The van der Waals surface area contributed by atoms with E-state index in [0.29, 0.717) is 17.0 Å². The lowest BCUT2D eigenvalue weighted by atomic mass is 10.2. The van der Waals surface area contributed by atoms with Gasteiger partial charge in [-0.15, -0.1) is 0 Å². The Bertz CT molecular complexity index is 593. The summed E-state index contributed by atoms with van der Waals surface area (Å²) in [4.78, 5) is 0. The molecule has 2 aromatic rings. The summed E-state index contributed by atoms with van der Waals surface area (Å²) in [5.41, 5.74) is 8.53. The Morgan fingerprint density at radius 1 is 1.16 bits per heavy atom. The summed E-state index contributed by atoms with van der Waals surface area (Å²) in [6, 6.07) is 12.4. The third kappa shape index (κ3) is 3.64. The molecule has 0 bridgehead atoms. The molecule has 0 saturated heterocycles. The maximum Gasteiger partial charge on any atom is 0.129 e. The van der Waals surface area contributed by atoms with Gasteiger partial charge in [0.2, 0.25) is 0 Å². The largest absolute Gasteiger partial charge is 0.398 e. The van der Waals surface area contributed by atoms with Crippen molar-refractivity contribution < 1.29 is 8.60 Å². The minimum atomic E-state index is -1.17. The van der Waals surface area contributed by atoms with Crippen molar-refractivity contribution >= 4 is 16.5 Å². The van der Waals surface area contributed by atoms with Gasteiger partial charge in [0, 0.05) is 27.8 Å². The molecule has 1 atom stereocenters. The van der Waals surface area contributed by atoms with Gasteiger partial charge in [0.05, 0.1) is 5.75 Å². The third-order valence-electron chi connectivity index (χ3n) is 2.87. The van der Waals surface area contributed by atoms with E-state index in [2.05, 4.69) is 0 Å². The molecule has 0 aromatic heterocycles. The molecule has 2 N–H and O–H groups in total. The Morgan fingerprint density at radius 2 is 1.89 bits per heavy atom. The highest BCUT2D eigenvalue weighted by atomic mass is 32.2. The van der Waals surface area contributed by atoms with Crippen LogP contribution in [-0.4, -0.2) is 4.21 Å². The maximum absolute atomic E-state index is 13.6. The zero-order valence-electron chi connectivity index (χ0n) is 10.7. The lowest BCUT2D eigenvalue weighted by molar-refractivity contribution is 0.616. The molecular weight excluding hydrogens is 261 g/mol. The quantitative estimate of drug-likeness (QED) is 0.872. The maximum atomic E-state index is 13.6. The van der Waals surface area contributed by atoms with Crippen LogP contribution >= 0.6 is 0 Å². The fourth-order valence-corrected chi connectivity index (χ4v) is 3.21. The van der Waals surface area contributed by atoms with Gasteiger partial charge in [-0.1, -0.05) is 35.9 Å². The van der Waals surface area contributed by atoms with Gasteiger partial charge >= 0.3 is 0 Å². The third-order valence-corrected chi connectivity index (χ3v) is 4.14. The fraction of sp³-hybridized carbons (Fsp3) is 0.200. The van der Waals surface area contributed by atoms with E-state index < -0.39 is 16.6 Å². The molecule has 100 valence electrons. The van der Waals surface area contributed by atoms with Crippen LogP contribution in [0.3, 0.4) is 0 Å². The molecule has 0 aliphatic rings. The van der Waals surface area contributed by atoms with E-state index in [-0.39, 0.29) is 5.75 Å². The normalized spacial score (nSPS) is 12.3. The van der Waals surface area contributed by atoms with Gasteiger partial charge in [-0.25, -0.2) is 4.39 Å². The van der Waals surface area contributed by atoms with Crippen molar-refractivity contribution in [2.75, 3.05) is 5.73 Å².